The molecule has 0 fully saturated rings. The number of rotatable bonds is 3. The van der Waals surface area contributed by atoms with E-state index in [1.165, 1.54) is 6.33 Å². The number of aromatic nitrogens is 4. The van der Waals surface area contributed by atoms with Gasteiger partial charge in [0, 0.05) is 18.5 Å². The molecule has 4 N–H and O–H groups in total. The van der Waals surface area contributed by atoms with Gasteiger partial charge in [0.25, 0.3) is 0 Å². The van der Waals surface area contributed by atoms with E-state index < -0.39 is 0 Å². The van der Waals surface area contributed by atoms with Crippen LogP contribution in [0.3, 0.4) is 0 Å². The van der Waals surface area contributed by atoms with Crippen LogP contribution >= 0.6 is 0 Å². The van der Waals surface area contributed by atoms with Gasteiger partial charge in [-0.15, -0.1) is 0 Å². The second-order valence-corrected chi connectivity index (χ2v) is 2.72. The molecule has 6 heteroatoms. The van der Waals surface area contributed by atoms with Gasteiger partial charge in [-0.1, -0.05) is 0 Å². The lowest BCUT2D eigenvalue weighted by Gasteiger charge is -2.02. The molecule has 0 radical (unpaired) electrons. The number of nitrogens with one attached hydrogen (secondary N) is 2. The zero-order valence-electron chi connectivity index (χ0n) is 7.44. The lowest BCUT2D eigenvalue weighted by molar-refractivity contribution is 0.983. The highest BCUT2D eigenvalue weighted by molar-refractivity contribution is 5.43. The number of nitrogens with two attached hydrogens (primary N) is 1. The molecule has 6 nitrogen and oxygen atoms in total. The van der Waals surface area contributed by atoms with Gasteiger partial charge in [-0.05, 0) is 0 Å². The molecule has 2 aromatic heterocycles. The zero-order chi connectivity index (χ0) is 9.80. The molecule has 0 aliphatic rings. The number of nitrogen functional groups attached to an aromatic ring is 1. The summed E-state index contributed by atoms with van der Waals surface area (Å²) >= 11 is 0. The molecule has 0 amide bonds. The Kier molecular flexibility index (Phi) is 2.26. The molecule has 2 rings (SSSR count). The maximum absolute atomic E-state index is 5.49. The lowest BCUT2D eigenvalue weighted by Crippen LogP contribution is -2.04. The highest BCUT2D eigenvalue weighted by Gasteiger charge is 1.96. The lowest BCUT2D eigenvalue weighted by atomic mass is 10.5. The van der Waals surface area contributed by atoms with Gasteiger partial charge in [-0.25, -0.2) is 15.0 Å². The number of nitrogens with zero attached hydrogens (tertiary/aromatic N) is 3. The van der Waals surface area contributed by atoms with Crippen molar-refractivity contribution >= 4 is 11.6 Å². The summed E-state index contributed by atoms with van der Waals surface area (Å²) in [7, 11) is 0. The van der Waals surface area contributed by atoms with Crippen LogP contribution in [0.5, 0.6) is 0 Å². The fourth-order valence-corrected chi connectivity index (χ4v) is 1.04. The summed E-state index contributed by atoms with van der Waals surface area (Å²) in [6.07, 6.45) is 4.89. The van der Waals surface area contributed by atoms with Crippen LogP contribution in [-0.2, 0) is 6.54 Å². The number of H-pyrrole nitrogens is 1. The average Bonchev–Trinajstić information content (AvgIpc) is 2.67. The fraction of sp³-hybridized carbons (Fsp3) is 0.125. The molecule has 0 aliphatic carbocycles. The van der Waals surface area contributed by atoms with Crippen molar-refractivity contribution in [1.82, 2.24) is 19.9 Å². The van der Waals surface area contributed by atoms with Crippen LogP contribution in [0.4, 0.5) is 11.6 Å². The van der Waals surface area contributed by atoms with Gasteiger partial charge in [-0.3, -0.25) is 0 Å². The Hall–Kier alpha value is -2.11. The second kappa shape index (κ2) is 3.73. The van der Waals surface area contributed by atoms with Crippen LogP contribution in [0.15, 0.2) is 24.8 Å². The Morgan fingerprint density at radius 2 is 2.29 bits per heavy atom. The predicted octanol–water partition coefficient (Wildman–Crippen LogP) is 0.394. The van der Waals surface area contributed by atoms with E-state index in [0.717, 1.165) is 5.82 Å². The first-order valence-electron chi connectivity index (χ1n) is 4.14. The van der Waals surface area contributed by atoms with Crippen LogP contribution in [0.25, 0.3) is 0 Å². The molecular weight excluding hydrogens is 180 g/mol. The van der Waals surface area contributed by atoms with E-state index in [1.54, 1.807) is 18.5 Å². The van der Waals surface area contributed by atoms with E-state index in [9.17, 15) is 0 Å². The van der Waals surface area contributed by atoms with Crippen molar-refractivity contribution in [2.45, 2.75) is 6.54 Å². The molecule has 0 saturated carbocycles. The topological polar surface area (TPSA) is 92.5 Å². The van der Waals surface area contributed by atoms with E-state index in [-0.39, 0.29) is 0 Å². The Morgan fingerprint density at radius 1 is 1.36 bits per heavy atom. The van der Waals surface area contributed by atoms with Gasteiger partial charge in [0.1, 0.15) is 23.8 Å². The van der Waals surface area contributed by atoms with Crippen LogP contribution in [0.2, 0.25) is 0 Å². The fourth-order valence-electron chi connectivity index (χ4n) is 1.04. The largest absolute Gasteiger partial charge is 0.384 e. The van der Waals surface area contributed by atoms with E-state index in [1.807, 2.05) is 0 Å². The molecule has 0 saturated heterocycles. The number of hydrogen-bond acceptors (Lipinski definition) is 5. The first-order chi connectivity index (χ1) is 6.84. The second-order valence-electron chi connectivity index (χ2n) is 2.72. The number of imidazole rings is 1. The Morgan fingerprint density at radius 3 is 3.00 bits per heavy atom. The molecule has 0 aromatic carbocycles. The van der Waals surface area contributed by atoms with Crippen molar-refractivity contribution < 1.29 is 0 Å². The highest BCUT2D eigenvalue weighted by Crippen LogP contribution is 2.05. The van der Waals surface area contributed by atoms with Crippen LogP contribution in [-0.4, -0.2) is 19.9 Å². The minimum absolute atomic E-state index is 0.446. The van der Waals surface area contributed by atoms with Gasteiger partial charge in [0.2, 0.25) is 0 Å². The summed E-state index contributed by atoms with van der Waals surface area (Å²) in [5, 5.41) is 3.06. The molecule has 72 valence electrons. The van der Waals surface area contributed by atoms with Crippen LogP contribution < -0.4 is 11.1 Å². The van der Waals surface area contributed by atoms with Gasteiger partial charge < -0.3 is 16.0 Å². The maximum atomic E-state index is 5.49. The van der Waals surface area contributed by atoms with Crippen molar-refractivity contribution in [1.29, 1.82) is 0 Å². The molecular formula is C8H10N6. The predicted molar refractivity (Wildman–Crippen MR) is 52.4 cm³/mol. The van der Waals surface area contributed by atoms with Crippen molar-refractivity contribution in [3.8, 4) is 0 Å². The van der Waals surface area contributed by atoms with Crippen molar-refractivity contribution in [3.63, 3.8) is 0 Å². The van der Waals surface area contributed by atoms with Crippen molar-refractivity contribution in [2.75, 3.05) is 11.1 Å². The summed E-state index contributed by atoms with van der Waals surface area (Å²) in [6.45, 7) is 0.587. The molecule has 2 aromatic rings. The monoisotopic (exact) mass is 190 g/mol. The van der Waals surface area contributed by atoms with E-state index >= 15 is 0 Å². The van der Waals surface area contributed by atoms with Crippen molar-refractivity contribution in [2.24, 2.45) is 0 Å². The van der Waals surface area contributed by atoms with Crippen molar-refractivity contribution in [3.05, 3.63) is 30.6 Å². The maximum Gasteiger partial charge on any atom is 0.131 e. The SMILES string of the molecule is Nc1cc(NCc2ncc[nH]2)ncn1. The first-order valence-corrected chi connectivity index (χ1v) is 4.14. The standard InChI is InChI=1S/C8H10N6/c9-6-3-7(14-5-13-6)12-4-8-10-1-2-11-8/h1-3,5H,4H2,(H,10,11)(H3,9,12,13,14). The highest BCUT2D eigenvalue weighted by atomic mass is 15.1. The minimum atomic E-state index is 0.446. The normalized spacial score (nSPS) is 10.0. The van der Waals surface area contributed by atoms with E-state index in [4.69, 9.17) is 5.73 Å². The quantitative estimate of drug-likeness (QED) is 0.651. The molecule has 14 heavy (non-hydrogen) atoms. The number of hydrogen-bond donors (Lipinski definition) is 3. The molecule has 2 heterocycles. The Balaban J connectivity index is 1.98. The molecule has 0 atom stereocenters. The van der Waals surface area contributed by atoms with Gasteiger partial charge in [-0.2, -0.15) is 0 Å². The van der Waals surface area contributed by atoms with E-state index in [2.05, 4.69) is 25.3 Å². The zero-order valence-corrected chi connectivity index (χ0v) is 7.44. The number of aromatic amines is 1. The minimum Gasteiger partial charge on any atom is -0.384 e. The third-order valence-corrected chi connectivity index (χ3v) is 1.68. The van der Waals surface area contributed by atoms with Gasteiger partial charge in [0.15, 0.2) is 0 Å². The summed E-state index contributed by atoms with van der Waals surface area (Å²) in [4.78, 5) is 14.8. The number of anilines is 2. The van der Waals surface area contributed by atoms with Gasteiger partial charge in [0.05, 0.1) is 6.54 Å². The third-order valence-electron chi connectivity index (χ3n) is 1.68. The molecule has 0 bridgehead atoms. The van der Waals surface area contributed by atoms with Gasteiger partial charge >= 0.3 is 0 Å². The smallest absolute Gasteiger partial charge is 0.131 e. The van der Waals surface area contributed by atoms with E-state index in [0.29, 0.717) is 18.2 Å². The summed E-state index contributed by atoms with van der Waals surface area (Å²) in [5.74, 6) is 1.98. The van der Waals surface area contributed by atoms with Crippen LogP contribution in [0.1, 0.15) is 5.82 Å². The third kappa shape index (κ3) is 1.98. The summed E-state index contributed by atoms with van der Waals surface area (Å²) in [5.41, 5.74) is 5.49. The molecule has 0 spiro atoms. The molecule has 0 unspecified atom stereocenters. The summed E-state index contributed by atoms with van der Waals surface area (Å²) < 4.78 is 0. The first kappa shape index (κ1) is 8.49. The average molecular weight is 190 g/mol. The summed E-state index contributed by atoms with van der Waals surface area (Å²) in [6, 6.07) is 1.67. The Labute approximate surface area is 80.6 Å². The Bertz CT molecular complexity index is 396. The van der Waals surface area contributed by atoms with Crippen LogP contribution in [0, 0.1) is 0 Å². The molecule has 0 aliphatic heterocycles.